The fourth-order valence-corrected chi connectivity index (χ4v) is 4.12. The van der Waals surface area contributed by atoms with Gasteiger partial charge in [0.05, 0.1) is 12.3 Å². The van der Waals surface area contributed by atoms with E-state index in [9.17, 15) is 4.79 Å². The average Bonchev–Trinajstić information content (AvgIpc) is 3.30. The number of rotatable bonds is 7. The van der Waals surface area contributed by atoms with Crippen molar-refractivity contribution in [1.82, 2.24) is 10.2 Å². The number of nitrogens with zero attached hydrogens (tertiary/aromatic N) is 1. The van der Waals surface area contributed by atoms with Crippen molar-refractivity contribution >= 4 is 5.91 Å². The number of benzene rings is 2. The van der Waals surface area contributed by atoms with Crippen LogP contribution in [0.5, 0.6) is 0 Å². The molecule has 1 atom stereocenters. The summed E-state index contributed by atoms with van der Waals surface area (Å²) >= 11 is 0. The molecule has 1 amide bonds. The van der Waals surface area contributed by atoms with E-state index < -0.39 is 0 Å². The second kappa shape index (κ2) is 9.57. The summed E-state index contributed by atoms with van der Waals surface area (Å²) in [5.41, 5.74) is 2.99. The Bertz CT molecular complexity index is 900. The van der Waals surface area contributed by atoms with Crippen molar-refractivity contribution < 1.29 is 9.21 Å². The Morgan fingerprint density at radius 2 is 1.69 bits per heavy atom. The SMILES string of the molecule is O=C(NCC(c1ccco1)N1CCCCC1)c1ccccc1Cc1ccccc1. The molecular weight excluding hydrogens is 360 g/mol. The van der Waals surface area contributed by atoms with E-state index >= 15 is 0 Å². The first-order valence-electron chi connectivity index (χ1n) is 10.5. The first kappa shape index (κ1) is 19.5. The third kappa shape index (κ3) is 4.96. The highest BCUT2D eigenvalue weighted by Gasteiger charge is 2.25. The molecule has 2 aromatic carbocycles. The highest BCUT2D eigenvalue weighted by molar-refractivity contribution is 5.95. The molecule has 4 nitrogen and oxygen atoms in total. The zero-order valence-corrected chi connectivity index (χ0v) is 16.7. The van der Waals surface area contributed by atoms with Crippen LogP contribution in [0, 0.1) is 0 Å². The Kier molecular flexibility index (Phi) is 6.42. The highest BCUT2D eigenvalue weighted by atomic mass is 16.3. The van der Waals surface area contributed by atoms with Crippen LogP contribution in [0.25, 0.3) is 0 Å². The van der Waals surface area contributed by atoms with Crippen molar-refractivity contribution in [2.75, 3.05) is 19.6 Å². The Hall–Kier alpha value is -2.85. The van der Waals surface area contributed by atoms with Gasteiger partial charge in [-0.3, -0.25) is 9.69 Å². The number of amides is 1. The van der Waals surface area contributed by atoms with Crippen LogP contribution in [-0.4, -0.2) is 30.4 Å². The zero-order valence-electron chi connectivity index (χ0n) is 16.7. The standard InChI is InChI=1S/C25H28N2O2/c28-25(22-13-6-5-12-21(22)18-20-10-3-1-4-11-20)26-19-23(24-14-9-17-29-24)27-15-7-2-8-16-27/h1,3-6,9-14,17,23H,2,7-8,15-16,18-19H2,(H,26,28). The molecule has 1 fully saturated rings. The Balaban J connectivity index is 1.47. The lowest BCUT2D eigenvalue weighted by Crippen LogP contribution is -2.40. The van der Waals surface area contributed by atoms with Crippen molar-refractivity contribution in [2.45, 2.75) is 31.7 Å². The van der Waals surface area contributed by atoms with Gasteiger partial charge in [0.2, 0.25) is 0 Å². The van der Waals surface area contributed by atoms with Crippen LogP contribution in [0.4, 0.5) is 0 Å². The minimum Gasteiger partial charge on any atom is -0.468 e. The van der Waals surface area contributed by atoms with Crippen LogP contribution in [-0.2, 0) is 6.42 Å². The van der Waals surface area contributed by atoms with Gasteiger partial charge in [-0.15, -0.1) is 0 Å². The monoisotopic (exact) mass is 388 g/mol. The third-order valence-electron chi connectivity index (χ3n) is 5.66. The summed E-state index contributed by atoms with van der Waals surface area (Å²) < 4.78 is 5.70. The molecule has 0 bridgehead atoms. The van der Waals surface area contributed by atoms with Crippen molar-refractivity contribution in [3.8, 4) is 0 Å². The molecule has 29 heavy (non-hydrogen) atoms. The summed E-state index contributed by atoms with van der Waals surface area (Å²) in [6.45, 7) is 2.64. The Morgan fingerprint density at radius 1 is 0.931 bits per heavy atom. The predicted octanol–water partition coefficient (Wildman–Crippen LogP) is 4.83. The second-order valence-electron chi connectivity index (χ2n) is 7.66. The number of carbonyl (C=O) groups excluding carboxylic acids is 1. The van der Waals surface area contributed by atoms with Crippen LogP contribution in [0.3, 0.4) is 0 Å². The van der Waals surface area contributed by atoms with E-state index in [1.54, 1.807) is 6.26 Å². The van der Waals surface area contributed by atoms with Gasteiger partial charge in [0.15, 0.2) is 0 Å². The number of furan rings is 1. The van der Waals surface area contributed by atoms with E-state index in [-0.39, 0.29) is 11.9 Å². The first-order chi connectivity index (χ1) is 14.3. The summed E-state index contributed by atoms with van der Waals surface area (Å²) in [5, 5.41) is 3.17. The largest absolute Gasteiger partial charge is 0.468 e. The lowest BCUT2D eigenvalue weighted by Gasteiger charge is -2.33. The number of hydrogen-bond acceptors (Lipinski definition) is 3. The fourth-order valence-electron chi connectivity index (χ4n) is 4.12. The van der Waals surface area contributed by atoms with Gasteiger partial charge >= 0.3 is 0 Å². The van der Waals surface area contributed by atoms with Gasteiger partial charge < -0.3 is 9.73 Å². The summed E-state index contributed by atoms with van der Waals surface area (Å²) in [6.07, 6.45) is 6.14. The smallest absolute Gasteiger partial charge is 0.251 e. The molecule has 3 aromatic rings. The number of carbonyl (C=O) groups is 1. The zero-order chi connectivity index (χ0) is 19.9. The van der Waals surface area contributed by atoms with E-state index in [1.165, 1.54) is 24.8 Å². The van der Waals surface area contributed by atoms with Gasteiger partial charge in [-0.05, 0) is 61.7 Å². The minimum atomic E-state index is -0.0231. The molecule has 1 saturated heterocycles. The van der Waals surface area contributed by atoms with Gasteiger partial charge in [-0.2, -0.15) is 0 Å². The molecule has 0 spiro atoms. The third-order valence-corrected chi connectivity index (χ3v) is 5.66. The molecule has 1 unspecified atom stereocenters. The molecular formula is C25H28N2O2. The minimum absolute atomic E-state index is 0.0231. The molecule has 1 aromatic heterocycles. The van der Waals surface area contributed by atoms with Gasteiger partial charge in [0.25, 0.3) is 5.91 Å². The topological polar surface area (TPSA) is 45.5 Å². The van der Waals surface area contributed by atoms with Gasteiger partial charge in [-0.25, -0.2) is 0 Å². The molecule has 1 aliphatic rings. The summed E-state index contributed by atoms with van der Waals surface area (Å²) in [6, 6.07) is 22.1. The van der Waals surface area contributed by atoms with Crippen LogP contribution in [0.2, 0.25) is 0 Å². The molecule has 0 aliphatic carbocycles. The summed E-state index contributed by atoms with van der Waals surface area (Å²) in [5.74, 6) is 0.898. The average molecular weight is 389 g/mol. The predicted molar refractivity (Wildman–Crippen MR) is 115 cm³/mol. The summed E-state index contributed by atoms with van der Waals surface area (Å²) in [7, 11) is 0. The van der Waals surface area contributed by atoms with Crippen molar-refractivity contribution in [3.05, 3.63) is 95.4 Å². The Labute approximate surface area is 172 Å². The lowest BCUT2D eigenvalue weighted by atomic mass is 9.99. The maximum atomic E-state index is 13.1. The maximum absolute atomic E-state index is 13.1. The first-order valence-corrected chi connectivity index (χ1v) is 10.5. The van der Waals surface area contributed by atoms with Crippen molar-refractivity contribution in [1.29, 1.82) is 0 Å². The van der Waals surface area contributed by atoms with Crippen LogP contribution >= 0.6 is 0 Å². The van der Waals surface area contributed by atoms with E-state index in [2.05, 4.69) is 22.3 Å². The van der Waals surface area contributed by atoms with Gasteiger partial charge in [0.1, 0.15) is 5.76 Å². The molecule has 4 heteroatoms. The molecule has 1 aliphatic heterocycles. The van der Waals surface area contributed by atoms with E-state index in [0.717, 1.165) is 36.4 Å². The van der Waals surface area contributed by atoms with Crippen LogP contribution < -0.4 is 5.32 Å². The second-order valence-corrected chi connectivity index (χ2v) is 7.66. The molecule has 0 radical (unpaired) electrons. The van der Waals surface area contributed by atoms with E-state index in [4.69, 9.17) is 4.42 Å². The molecule has 4 rings (SSSR count). The lowest BCUT2D eigenvalue weighted by molar-refractivity contribution is 0.0913. The Morgan fingerprint density at radius 3 is 2.45 bits per heavy atom. The highest BCUT2D eigenvalue weighted by Crippen LogP contribution is 2.25. The summed E-state index contributed by atoms with van der Waals surface area (Å²) in [4.78, 5) is 15.5. The molecule has 1 N–H and O–H groups in total. The number of nitrogens with one attached hydrogen (secondary N) is 1. The van der Waals surface area contributed by atoms with Gasteiger partial charge in [-0.1, -0.05) is 55.0 Å². The number of piperidine rings is 1. The van der Waals surface area contributed by atoms with E-state index in [0.29, 0.717) is 6.54 Å². The van der Waals surface area contributed by atoms with Gasteiger partial charge in [0, 0.05) is 12.1 Å². The maximum Gasteiger partial charge on any atom is 0.251 e. The molecule has 0 saturated carbocycles. The van der Waals surface area contributed by atoms with Crippen molar-refractivity contribution in [2.24, 2.45) is 0 Å². The van der Waals surface area contributed by atoms with E-state index in [1.807, 2.05) is 54.6 Å². The molecule has 2 heterocycles. The normalized spacial score (nSPS) is 15.7. The number of hydrogen-bond donors (Lipinski definition) is 1. The van der Waals surface area contributed by atoms with Crippen molar-refractivity contribution in [3.63, 3.8) is 0 Å². The quantitative estimate of drug-likeness (QED) is 0.631. The van der Waals surface area contributed by atoms with Crippen LogP contribution in [0.1, 0.15) is 52.5 Å². The molecule has 150 valence electrons. The van der Waals surface area contributed by atoms with Crippen LogP contribution in [0.15, 0.2) is 77.4 Å². The fraction of sp³-hybridized carbons (Fsp3) is 0.320. The number of likely N-dealkylation sites (tertiary alicyclic amines) is 1.